The largest absolute Gasteiger partial charge is 0.302 e. The molecule has 0 saturated carbocycles. The van der Waals surface area contributed by atoms with E-state index in [0.717, 1.165) is 32.9 Å². The van der Waals surface area contributed by atoms with Crippen molar-refractivity contribution in [2.75, 3.05) is 0 Å². The number of hydrogen-bond acceptors (Lipinski definition) is 6. The molecule has 0 spiro atoms. The van der Waals surface area contributed by atoms with Crippen molar-refractivity contribution in [2.45, 2.75) is 29.8 Å². The Bertz CT molecular complexity index is 894. The van der Waals surface area contributed by atoms with Gasteiger partial charge >= 0.3 is 0 Å². The molecule has 0 aliphatic carbocycles. The quantitative estimate of drug-likeness (QED) is 0.688. The molecule has 0 amide bonds. The van der Waals surface area contributed by atoms with Crippen molar-refractivity contribution < 1.29 is 0 Å². The molecule has 0 aliphatic heterocycles. The summed E-state index contributed by atoms with van der Waals surface area (Å²) < 4.78 is 6.79. The fourth-order valence-corrected chi connectivity index (χ4v) is 4.32. The van der Waals surface area contributed by atoms with Gasteiger partial charge in [0, 0.05) is 12.1 Å². The number of nitriles is 1. The highest BCUT2D eigenvalue weighted by Gasteiger charge is 2.19. The molecule has 116 valence electrons. The molecule has 23 heavy (non-hydrogen) atoms. The number of nitrogens with zero attached hydrogens (tertiary/aromatic N) is 5. The molecule has 8 heteroatoms. The SMILES string of the molecule is CCn1c(Sc2snc(Cl)c2C#N)nnc1-c1ccccc1C. The van der Waals surface area contributed by atoms with Gasteiger partial charge in [0.25, 0.3) is 0 Å². The first-order valence-electron chi connectivity index (χ1n) is 6.88. The van der Waals surface area contributed by atoms with E-state index in [-0.39, 0.29) is 5.15 Å². The van der Waals surface area contributed by atoms with Crippen molar-refractivity contribution >= 4 is 34.9 Å². The highest BCUT2D eigenvalue weighted by molar-refractivity contribution is 8.01. The Morgan fingerprint density at radius 1 is 1.35 bits per heavy atom. The Hall–Kier alpha value is -1.88. The van der Waals surface area contributed by atoms with Crippen molar-refractivity contribution in [3.8, 4) is 17.5 Å². The maximum atomic E-state index is 9.19. The lowest BCUT2D eigenvalue weighted by Crippen LogP contribution is -2.00. The van der Waals surface area contributed by atoms with Crippen molar-refractivity contribution in [3.05, 3.63) is 40.5 Å². The Morgan fingerprint density at radius 2 is 2.13 bits per heavy atom. The van der Waals surface area contributed by atoms with E-state index in [1.807, 2.05) is 42.7 Å². The summed E-state index contributed by atoms with van der Waals surface area (Å²) >= 11 is 8.50. The molecule has 0 atom stereocenters. The van der Waals surface area contributed by atoms with Crippen LogP contribution in [0.4, 0.5) is 0 Å². The molecule has 0 N–H and O–H groups in total. The Balaban J connectivity index is 2.02. The first-order chi connectivity index (χ1) is 11.2. The smallest absolute Gasteiger partial charge is 0.197 e. The number of benzene rings is 1. The third kappa shape index (κ3) is 2.98. The fourth-order valence-electron chi connectivity index (χ4n) is 2.17. The monoisotopic (exact) mass is 361 g/mol. The summed E-state index contributed by atoms with van der Waals surface area (Å²) in [5.41, 5.74) is 2.59. The predicted octanol–water partition coefficient (Wildman–Crippen LogP) is 4.41. The maximum absolute atomic E-state index is 9.19. The van der Waals surface area contributed by atoms with Gasteiger partial charge in [0.2, 0.25) is 0 Å². The van der Waals surface area contributed by atoms with Crippen LogP contribution < -0.4 is 0 Å². The van der Waals surface area contributed by atoms with Crippen LogP contribution in [0.2, 0.25) is 5.15 Å². The summed E-state index contributed by atoms with van der Waals surface area (Å²) in [6.45, 7) is 4.82. The Labute approximate surface area is 147 Å². The molecule has 0 fully saturated rings. The highest BCUT2D eigenvalue weighted by atomic mass is 35.5. The second-order valence-corrected chi connectivity index (χ2v) is 7.08. The van der Waals surface area contributed by atoms with Crippen molar-refractivity contribution in [3.63, 3.8) is 0 Å². The molecule has 1 aromatic carbocycles. The van der Waals surface area contributed by atoms with E-state index in [9.17, 15) is 5.26 Å². The molecule has 0 bridgehead atoms. The molecule has 3 aromatic rings. The zero-order chi connectivity index (χ0) is 16.4. The van der Waals surface area contributed by atoms with E-state index in [1.165, 1.54) is 23.3 Å². The molecular formula is C15H12ClN5S2. The molecule has 2 heterocycles. The van der Waals surface area contributed by atoms with E-state index in [1.54, 1.807) is 0 Å². The lowest BCUT2D eigenvalue weighted by Gasteiger charge is -2.08. The summed E-state index contributed by atoms with van der Waals surface area (Å²) in [4.78, 5) is 0. The lowest BCUT2D eigenvalue weighted by atomic mass is 10.1. The van der Waals surface area contributed by atoms with E-state index in [2.05, 4.69) is 20.6 Å². The van der Waals surface area contributed by atoms with Crippen LogP contribution in [0.5, 0.6) is 0 Å². The van der Waals surface area contributed by atoms with E-state index >= 15 is 0 Å². The number of aromatic nitrogens is 4. The summed E-state index contributed by atoms with van der Waals surface area (Å²) in [6, 6.07) is 10.2. The Kier molecular flexibility index (Phi) is 4.66. The van der Waals surface area contributed by atoms with Crippen LogP contribution in [0.1, 0.15) is 18.1 Å². The molecule has 0 saturated heterocycles. The van der Waals surface area contributed by atoms with E-state index in [4.69, 9.17) is 11.6 Å². The van der Waals surface area contributed by atoms with Gasteiger partial charge in [0.15, 0.2) is 16.1 Å². The third-order valence-corrected chi connectivity index (χ3v) is 5.70. The Morgan fingerprint density at radius 3 is 2.83 bits per heavy atom. The van der Waals surface area contributed by atoms with Crippen LogP contribution in [0.3, 0.4) is 0 Å². The van der Waals surface area contributed by atoms with Gasteiger partial charge in [-0.2, -0.15) is 9.64 Å². The summed E-state index contributed by atoms with van der Waals surface area (Å²) in [7, 11) is 0. The van der Waals surface area contributed by atoms with Gasteiger partial charge in [-0.05, 0) is 42.7 Å². The van der Waals surface area contributed by atoms with Crippen molar-refractivity contribution in [1.29, 1.82) is 5.26 Å². The van der Waals surface area contributed by atoms with Gasteiger partial charge in [0.05, 0.1) is 0 Å². The first kappa shape index (κ1) is 16.0. The zero-order valence-electron chi connectivity index (χ0n) is 12.4. The fraction of sp³-hybridized carbons (Fsp3) is 0.200. The molecule has 5 nitrogen and oxygen atoms in total. The third-order valence-electron chi connectivity index (χ3n) is 3.33. The van der Waals surface area contributed by atoms with Gasteiger partial charge in [-0.25, -0.2) is 0 Å². The van der Waals surface area contributed by atoms with Gasteiger partial charge in [-0.15, -0.1) is 10.2 Å². The van der Waals surface area contributed by atoms with Gasteiger partial charge in [0.1, 0.15) is 15.8 Å². The zero-order valence-corrected chi connectivity index (χ0v) is 14.8. The van der Waals surface area contributed by atoms with Crippen LogP contribution in [-0.4, -0.2) is 19.1 Å². The predicted molar refractivity (Wildman–Crippen MR) is 91.8 cm³/mol. The van der Waals surface area contributed by atoms with E-state index in [0.29, 0.717) is 5.56 Å². The summed E-state index contributed by atoms with van der Waals surface area (Å²) in [5.74, 6) is 0.821. The number of aryl methyl sites for hydroxylation is 1. The van der Waals surface area contributed by atoms with Crippen LogP contribution in [-0.2, 0) is 6.54 Å². The second-order valence-electron chi connectivity index (χ2n) is 4.72. The standard InChI is InChI=1S/C15H12ClN5S2/c1-3-21-13(10-7-5-4-6-9(10)2)18-19-15(21)22-14-11(8-17)12(16)20-23-14/h4-7H,3H2,1-2H3. The van der Waals surface area contributed by atoms with Crippen molar-refractivity contribution in [2.24, 2.45) is 0 Å². The molecule has 2 aromatic heterocycles. The van der Waals surface area contributed by atoms with Gasteiger partial charge in [-0.3, -0.25) is 0 Å². The van der Waals surface area contributed by atoms with Crippen LogP contribution in [0, 0.1) is 18.3 Å². The second kappa shape index (κ2) is 6.71. The molecule has 0 aliphatic rings. The summed E-state index contributed by atoms with van der Waals surface area (Å²) in [6.07, 6.45) is 0. The molecule has 0 radical (unpaired) electrons. The first-order valence-corrected chi connectivity index (χ1v) is 8.84. The summed E-state index contributed by atoms with van der Waals surface area (Å²) in [5, 5.41) is 18.8. The van der Waals surface area contributed by atoms with Crippen LogP contribution in [0.25, 0.3) is 11.4 Å². The van der Waals surface area contributed by atoms with Gasteiger partial charge < -0.3 is 4.57 Å². The number of halogens is 1. The normalized spacial score (nSPS) is 10.7. The minimum atomic E-state index is 0.238. The lowest BCUT2D eigenvalue weighted by molar-refractivity contribution is 0.687. The van der Waals surface area contributed by atoms with Crippen LogP contribution >= 0.6 is 34.9 Å². The average molecular weight is 362 g/mol. The minimum Gasteiger partial charge on any atom is -0.302 e. The van der Waals surface area contributed by atoms with Gasteiger partial charge in [-0.1, -0.05) is 35.9 Å². The minimum absolute atomic E-state index is 0.238. The molecule has 0 unspecified atom stereocenters. The number of rotatable bonds is 4. The van der Waals surface area contributed by atoms with E-state index < -0.39 is 0 Å². The average Bonchev–Trinajstić information content (AvgIpc) is 3.11. The van der Waals surface area contributed by atoms with Crippen LogP contribution in [0.15, 0.2) is 33.6 Å². The highest BCUT2D eigenvalue weighted by Crippen LogP contribution is 2.37. The van der Waals surface area contributed by atoms with Crippen molar-refractivity contribution in [1.82, 2.24) is 19.1 Å². The maximum Gasteiger partial charge on any atom is 0.197 e. The molecule has 3 rings (SSSR count). The topological polar surface area (TPSA) is 67.4 Å². The number of hydrogen-bond donors (Lipinski definition) is 0. The molecular weight excluding hydrogens is 350 g/mol.